The van der Waals surface area contributed by atoms with Crippen LogP contribution in [-0.2, 0) is 16.0 Å². The van der Waals surface area contributed by atoms with E-state index < -0.39 is 11.9 Å². The number of rotatable bonds is 8. The number of carbonyl (C=O) groups is 3. The number of hydrogen-bond donors (Lipinski definition) is 2. The molecule has 1 atom stereocenters. The highest BCUT2D eigenvalue weighted by Crippen LogP contribution is 2.28. The molecule has 2 heterocycles. The van der Waals surface area contributed by atoms with Crippen LogP contribution in [0, 0.1) is 0 Å². The van der Waals surface area contributed by atoms with Gasteiger partial charge in [-0.25, -0.2) is 4.98 Å². The number of amides is 3. The first-order valence-corrected chi connectivity index (χ1v) is 12.6. The van der Waals surface area contributed by atoms with E-state index in [1.54, 1.807) is 22.3 Å². The van der Waals surface area contributed by atoms with Crippen molar-refractivity contribution in [2.24, 2.45) is 0 Å². The molecule has 9 nitrogen and oxygen atoms in total. The van der Waals surface area contributed by atoms with Crippen molar-refractivity contribution < 1.29 is 19.1 Å². The van der Waals surface area contributed by atoms with Gasteiger partial charge in [0.05, 0.1) is 12.8 Å². The van der Waals surface area contributed by atoms with E-state index in [1.165, 1.54) is 18.3 Å². The molecule has 0 radical (unpaired) electrons. The highest BCUT2D eigenvalue weighted by molar-refractivity contribution is 7.14. The molecule has 0 bridgehead atoms. The fourth-order valence-electron chi connectivity index (χ4n) is 4.04. The molecule has 1 aliphatic heterocycles. The van der Waals surface area contributed by atoms with Gasteiger partial charge in [-0.3, -0.25) is 14.4 Å². The van der Waals surface area contributed by atoms with Gasteiger partial charge in [0, 0.05) is 44.9 Å². The second-order valence-corrected chi connectivity index (χ2v) is 9.27. The van der Waals surface area contributed by atoms with Crippen molar-refractivity contribution >= 4 is 39.9 Å². The molecule has 10 heteroatoms. The van der Waals surface area contributed by atoms with Crippen LogP contribution in [0.5, 0.6) is 5.75 Å². The monoisotopic (exact) mass is 507 g/mol. The summed E-state index contributed by atoms with van der Waals surface area (Å²) in [6.07, 6.45) is 0.356. The van der Waals surface area contributed by atoms with E-state index in [4.69, 9.17) is 4.74 Å². The molecular formula is C26H29N5O4S. The Kier molecular flexibility index (Phi) is 8.17. The van der Waals surface area contributed by atoms with Crippen LogP contribution in [0.25, 0.3) is 0 Å². The van der Waals surface area contributed by atoms with E-state index in [0.29, 0.717) is 43.5 Å². The fraction of sp³-hybridized carbons (Fsp3) is 0.308. The minimum absolute atomic E-state index is 0.00249. The molecule has 1 fully saturated rings. The molecule has 4 rings (SSSR count). The van der Waals surface area contributed by atoms with Crippen molar-refractivity contribution in [1.82, 2.24) is 20.1 Å². The van der Waals surface area contributed by atoms with E-state index in [-0.39, 0.29) is 17.5 Å². The zero-order valence-corrected chi connectivity index (χ0v) is 21.1. The molecule has 0 aliphatic carbocycles. The molecule has 3 aromatic rings. The van der Waals surface area contributed by atoms with Gasteiger partial charge in [0.2, 0.25) is 11.8 Å². The summed E-state index contributed by atoms with van der Waals surface area (Å²) in [5, 5.41) is 8.26. The molecule has 1 saturated heterocycles. The lowest BCUT2D eigenvalue weighted by Crippen LogP contribution is -2.56. The number of para-hydroxylation sites is 2. The van der Waals surface area contributed by atoms with Gasteiger partial charge in [0.1, 0.15) is 17.5 Å². The van der Waals surface area contributed by atoms with Crippen LogP contribution in [0.4, 0.5) is 10.8 Å². The second kappa shape index (κ2) is 11.7. The second-order valence-electron chi connectivity index (χ2n) is 8.41. The van der Waals surface area contributed by atoms with Gasteiger partial charge in [0.25, 0.3) is 5.91 Å². The van der Waals surface area contributed by atoms with Crippen molar-refractivity contribution in [3.05, 3.63) is 71.2 Å². The van der Waals surface area contributed by atoms with Gasteiger partial charge in [0.15, 0.2) is 5.13 Å². The number of piperazine rings is 1. The van der Waals surface area contributed by atoms with Crippen molar-refractivity contribution in [1.29, 1.82) is 0 Å². The minimum atomic E-state index is -0.754. The maximum Gasteiger partial charge on any atom is 0.271 e. The zero-order valence-electron chi connectivity index (χ0n) is 20.3. The Morgan fingerprint density at radius 2 is 1.67 bits per heavy atom. The van der Waals surface area contributed by atoms with Crippen molar-refractivity contribution in [3.8, 4) is 5.75 Å². The summed E-state index contributed by atoms with van der Waals surface area (Å²) in [7, 11) is 1.59. The Morgan fingerprint density at radius 1 is 1.00 bits per heavy atom. The lowest BCUT2D eigenvalue weighted by atomic mass is 10.0. The number of aromatic nitrogens is 1. The molecule has 36 heavy (non-hydrogen) atoms. The quantitative estimate of drug-likeness (QED) is 0.486. The first kappa shape index (κ1) is 25.2. The number of ether oxygens (including phenoxy) is 1. The fourth-order valence-corrected chi connectivity index (χ4v) is 4.75. The number of carbonyl (C=O) groups excluding carboxylic acids is 3. The normalized spacial score (nSPS) is 14.2. The van der Waals surface area contributed by atoms with Crippen LogP contribution in [0.2, 0.25) is 0 Å². The number of nitrogens with one attached hydrogen (secondary N) is 2. The number of nitrogens with zero attached hydrogens (tertiary/aromatic N) is 3. The van der Waals surface area contributed by atoms with Gasteiger partial charge in [-0.15, -0.1) is 11.3 Å². The zero-order chi connectivity index (χ0) is 25.5. The predicted molar refractivity (Wildman–Crippen MR) is 139 cm³/mol. The Balaban J connectivity index is 1.46. The summed E-state index contributed by atoms with van der Waals surface area (Å²) in [6, 6.07) is 16.3. The third kappa shape index (κ3) is 6.19. The first-order valence-electron chi connectivity index (χ1n) is 11.7. The molecule has 188 valence electrons. The molecule has 0 spiro atoms. The van der Waals surface area contributed by atoms with Gasteiger partial charge in [-0.1, -0.05) is 42.5 Å². The van der Waals surface area contributed by atoms with Crippen LogP contribution in [0.15, 0.2) is 60.0 Å². The largest absolute Gasteiger partial charge is 0.495 e. The highest BCUT2D eigenvalue weighted by Gasteiger charge is 2.30. The maximum atomic E-state index is 13.4. The molecule has 1 aromatic heterocycles. The van der Waals surface area contributed by atoms with E-state index in [9.17, 15) is 14.4 Å². The number of hydrogen-bond acceptors (Lipinski definition) is 7. The third-order valence-electron chi connectivity index (χ3n) is 6.01. The summed E-state index contributed by atoms with van der Waals surface area (Å²) < 4.78 is 5.36. The summed E-state index contributed by atoms with van der Waals surface area (Å²) in [5.41, 5.74) is 1.91. The van der Waals surface area contributed by atoms with Gasteiger partial charge in [-0.05, 0) is 17.7 Å². The Morgan fingerprint density at radius 3 is 2.36 bits per heavy atom. The average molecular weight is 508 g/mol. The van der Waals surface area contributed by atoms with E-state index in [2.05, 4.69) is 15.6 Å². The van der Waals surface area contributed by atoms with Crippen LogP contribution in [0.1, 0.15) is 23.0 Å². The summed E-state index contributed by atoms with van der Waals surface area (Å²) in [6.45, 7) is 3.36. The molecule has 0 saturated carbocycles. The molecule has 2 aromatic carbocycles. The van der Waals surface area contributed by atoms with Crippen molar-refractivity contribution in [2.45, 2.75) is 19.4 Å². The highest BCUT2D eigenvalue weighted by atomic mass is 32.1. The molecule has 0 unspecified atom stereocenters. The summed E-state index contributed by atoms with van der Waals surface area (Å²) in [4.78, 5) is 46.0. The van der Waals surface area contributed by atoms with Crippen LogP contribution in [-0.4, -0.2) is 71.8 Å². The average Bonchev–Trinajstić information content (AvgIpc) is 3.37. The lowest BCUT2D eigenvalue weighted by molar-refractivity contribution is -0.139. The summed E-state index contributed by atoms with van der Waals surface area (Å²) in [5.74, 6) is 0.0726. The number of methoxy groups -OCH3 is 1. The van der Waals surface area contributed by atoms with E-state index >= 15 is 0 Å². The van der Waals surface area contributed by atoms with E-state index in [0.717, 1.165) is 11.3 Å². The summed E-state index contributed by atoms with van der Waals surface area (Å²) >= 11 is 1.29. The SMILES string of the molecule is COc1ccccc1Nc1nc(C(=O)N[C@@H](Cc2ccccc2)C(=O)N2CCN(C(C)=O)CC2)cs1. The Hall–Kier alpha value is -3.92. The smallest absolute Gasteiger partial charge is 0.271 e. The van der Waals surface area contributed by atoms with Crippen LogP contribution in [0.3, 0.4) is 0 Å². The van der Waals surface area contributed by atoms with Gasteiger partial charge >= 0.3 is 0 Å². The predicted octanol–water partition coefficient (Wildman–Crippen LogP) is 2.93. The first-order chi connectivity index (χ1) is 17.4. The Labute approximate surface area is 214 Å². The molecular weight excluding hydrogens is 478 g/mol. The third-order valence-corrected chi connectivity index (χ3v) is 6.77. The number of anilines is 2. The minimum Gasteiger partial charge on any atom is -0.495 e. The molecule has 1 aliphatic rings. The lowest BCUT2D eigenvalue weighted by Gasteiger charge is -2.36. The topological polar surface area (TPSA) is 104 Å². The van der Waals surface area contributed by atoms with Crippen molar-refractivity contribution in [2.75, 3.05) is 38.6 Å². The number of thiazole rings is 1. The Bertz CT molecular complexity index is 1210. The number of benzene rings is 2. The maximum absolute atomic E-state index is 13.4. The van der Waals surface area contributed by atoms with E-state index in [1.807, 2.05) is 54.6 Å². The van der Waals surface area contributed by atoms with Gasteiger partial charge in [-0.2, -0.15) is 0 Å². The molecule has 3 amide bonds. The van der Waals surface area contributed by atoms with Crippen LogP contribution < -0.4 is 15.4 Å². The van der Waals surface area contributed by atoms with Crippen LogP contribution >= 0.6 is 11.3 Å². The molecule has 2 N–H and O–H groups in total. The van der Waals surface area contributed by atoms with Gasteiger partial charge < -0.3 is 25.2 Å². The van der Waals surface area contributed by atoms with Crippen molar-refractivity contribution in [3.63, 3.8) is 0 Å². The standard InChI is InChI=1S/C26H29N5O4S/c1-18(32)30-12-14-31(15-13-30)25(34)21(16-19-8-4-3-5-9-19)27-24(33)22-17-36-26(29-22)28-20-10-6-7-11-23(20)35-2/h3-11,17,21H,12-16H2,1-2H3,(H,27,33)(H,28,29)/t21-/m0/s1.